The number of carbonyl (C=O) groups is 2. The number of imide groups is 1. The number of allylic oxidation sites excluding steroid dienone is 2. The molecule has 130 valence electrons. The van der Waals surface area contributed by atoms with Gasteiger partial charge in [-0.15, -0.1) is 0 Å². The number of nitrogens with zero attached hydrogens (tertiary/aromatic N) is 2. The summed E-state index contributed by atoms with van der Waals surface area (Å²) < 4.78 is 11.5. The molecule has 0 N–H and O–H groups in total. The molecule has 1 aromatic rings. The van der Waals surface area contributed by atoms with Gasteiger partial charge >= 0.3 is 0 Å². The summed E-state index contributed by atoms with van der Waals surface area (Å²) in [6.07, 6.45) is 6.58. The summed E-state index contributed by atoms with van der Waals surface area (Å²) in [5.41, 5.74) is 0.737. The fourth-order valence-corrected chi connectivity index (χ4v) is 4.98. The second kappa shape index (κ2) is 6.12. The van der Waals surface area contributed by atoms with E-state index in [2.05, 4.69) is 39.8 Å². The third-order valence-corrected chi connectivity index (χ3v) is 6.03. The van der Waals surface area contributed by atoms with Gasteiger partial charge < -0.3 is 9.47 Å². The summed E-state index contributed by atoms with van der Waals surface area (Å²) in [4.78, 5) is 25.2. The lowest BCUT2D eigenvalue weighted by molar-refractivity contribution is -0.140. The van der Waals surface area contributed by atoms with E-state index in [4.69, 9.17) is 9.47 Å². The van der Waals surface area contributed by atoms with Gasteiger partial charge in [0.15, 0.2) is 11.5 Å². The highest BCUT2D eigenvalue weighted by molar-refractivity contribution is 14.1. The Labute approximate surface area is 159 Å². The number of rotatable bonds is 4. The summed E-state index contributed by atoms with van der Waals surface area (Å²) in [6, 6.07) is 3.63. The second-order valence-electron chi connectivity index (χ2n) is 6.47. The van der Waals surface area contributed by atoms with Gasteiger partial charge in [-0.25, -0.2) is 0 Å². The lowest BCUT2D eigenvalue weighted by atomic mass is 9.85. The Hall–Kier alpha value is -1.90. The van der Waals surface area contributed by atoms with Crippen molar-refractivity contribution in [3.63, 3.8) is 0 Å². The molecule has 0 unspecified atom stereocenters. The average Bonchev–Trinajstić information content (AvgIpc) is 3.27. The maximum Gasteiger partial charge on any atom is 0.254 e. The predicted molar refractivity (Wildman–Crippen MR) is 99.4 cm³/mol. The maximum atomic E-state index is 12.6. The first-order valence-electron chi connectivity index (χ1n) is 8.06. The minimum atomic E-state index is -0.231. The molecule has 25 heavy (non-hydrogen) atoms. The molecule has 7 heteroatoms. The van der Waals surface area contributed by atoms with Crippen molar-refractivity contribution in [2.75, 3.05) is 14.2 Å². The Morgan fingerprint density at radius 1 is 1.12 bits per heavy atom. The zero-order valence-corrected chi connectivity index (χ0v) is 16.0. The molecule has 2 bridgehead atoms. The number of benzene rings is 1. The number of hydrogen-bond acceptors (Lipinski definition) is 5. The maximum absolute atomic E-state index is 12.6. The summed E-state index contributed by atoms with van der Waals surface area (Å²) in [7, 11) is 3.14. The van der Waals surface area contributed by atoms with Crippen molar-refractivity contribution in [3.8, 4) is 11.5 Å². The molecule has 0 radical (unpaired) electrons. The predicted octanol–water partition coefficient (Wildman–Crippen LogP) is 2.45. The highest BCUT2D eigenvalue weighted by Gasteiger charge is 2.59. The molecular weight excluding hydrogens is 435 g/mol. The van der Waals surface area contributed by atoms with Gasteiger partial charge in [0, 0.05) is 0 Å². The highest BCUT2D eigenvalue weighted by atomic mass is 127. The molecule has 2 fully saturated rings. The smallest absolute Gasteiger partial charge is 0.254 e. The first-order chi connectivity index (χ1) is 12.0. The van der Waals surface area contributed by atoms with E-state index in [1.165, 1.54) is 6.21 Å². The number of methoxy groups -OCH3 is 2. The molecule has 0 spiro atoms. The molecule has 1 saturated carbocycles. The van der Waals surface area contributed by atoms with Gasteiger partial charge in [-0.1, -0.05) is 12.2 Å². The normalized spacial score (nSPS) is 29.8. The van der Waals surface area contributed by atoms with Crippen LogP contribution in [0, 0.1) is 27.2 Å². The summed E-state index contributed by atoms with van der Waals surface area (Å²) in [5.74, 6) is 0.772. The Kier molecular flexibility index (Phi) is 4.05. The van der Waals surface area contributed by atoms with Gasteiger partial charge in [0.25, 0.3) is 11.8 Å². The minimum Gasteiger partial charge on any atom is -0.493 e. The fraction of sp³-hybridized carbons (Fsp3) is 0.389. The third kappa shape index (κ3) is 2.47. The van der Waals surface area contributed by atoms with Crippen molar-refractivity contribution in [3.05, 3.63) is 33.4 Å². The van der Waals surface area contributed by atoms with Crippen molar-refractivity contribution in [2.45, 2.75) is 6.42 Å². The standard InChI is InChI=1S/C18H17IN2O4/c1-24-13-6-9(5-12(19)16(13)25-2)8-20-21-17(22)14-10-3-4-11(7-10)15(14)18(21)23/h3-6,8,10-11,14-15H,7H2,1-2H3/b20-8-/t10-,11+,14-,15-/m0/s1. The zero-order valence-electron chi connectivity index (χ0n) is 13.8. The molecular formula is C18H17IN2O4. The van der Waals surface area contributed by atoms with E-state index in [0.29, 0.717) is 11.5 Å². The lowest BCUT2D eigenvalue weighted by Crippen LogP contribution is -2.28. The molecule has 2 amide bonds. The van der Waals surface area contributed by atoms with Crippen LogP contribution < -0.4 is 9.47 Å². The Bertz CT molecular complexity index is 790. The first-order valence-corrected chi connectivity index (χ1v) is 9.14. The van der Waals surface area contributed by atoms with Crippen LogP contribution in [0.1, 0.15) is 12.0 Å². The van der Waals surface area contributed by atoms with Crippen molar-refractivity contribution in [1.29, 1.82) is 0 Å². The first kappa shape index (κ1) is 16.6. The van der Waals surface area contributed by atoms with Gasteiger partial charge in [-0.3, -0.25) is 9.59 Å². The second-order valence-corrected chi connectivity index (χ2v) is 7.63. The molecule has 4 rings (SSSR count). The van der Waals surface area contributed by atoms with Gasteiger partial charge in [0.1, 0.15) is 0 Å². The van der Waals surface area contributed by atoms with E-state index in [9.17, 15) is 9.59 Å². The number of ether oxygens (including phenoxy) is 2. The van der Waals surface area contributed by atoms with Gasteiger partial charge in [-0.05, 0) is 58.5 Å². The molecule has 1 aliphatic heterocycles. The van der Waals surface area contributed by atoms with E-state index in [1.54, 1.807) is 20.3 Å². The van der Waals surface area contributed by atoms with E-state index in [1.807, 2.05) is 6.07 Å². The fourth-order valence-electron chi connectivity index (χ4n) is 4.14. The Morgan fingerprint density at radius 2 is 1.76 bits per heavy atom. The summed E-state index contributed by atoms with van der Waals surface area (Å²) in [5, 5.41) is 5.24. The quantitative estimate of drug-likeness (QED) is 0.305. The molecule has 0 aromatic heterocycles. The van der Waals surface area contributed by atoms with Crippen LogP contribution in [0.2, 0.25) is 0 Å². The highest BCUT2D eigenvalue weighted by Crippen LogP contribution is 2.52. The van der Waals surface area contributed by atoms with Crippen LogP contribution >= 0.6 is 22.6 Å². The minimum absolute atomic E-state index is 0.182. The topological polar surface area (TPSA) is 68.2 Å². The van der Waals surface area contributed by atoms with Crippen LogP contribution in [0.4, 0.5) is 0 Å². The number of hydrogen-bond donors (Lipinski definition) is 0. The monoisotopic (exact) mass is 452 g/mol. The van der Waals surface area contributed by atoms with Crippen molar-refractivity contribution in [2.24, 2.45) is 28.8 Å². The van der Waals surface area contributed by atoms with E-state index < -0.39 is 0 Å². The van der Waals surface area contributed by atoms with Crippen molar-refractivity contribution in [1.82, 2.24) is 5.01 Å². The van der Waals surface area contributed by atoms with E-state index in [0.717, 1.165) is 20.6 Å². The van der Waals surface area contributed by atoms with Crippen molar-refractivity contribution >= 4 is 40.6 Å². The molecule has 1 aromatic carbocycles. The van der Waals surface area contributed by atoms with E-state index in [-0.39, 0.29) is 35.5 Å². The zero-order chi connectivity index (χ0) is 17.7. The van der Waals surface area contributed by atoms with Crippen LogP contribution in [0.15, 0.2) is 29.4 Å². The van der Waals surface area contributed by atoms with Crippen LogP contribution in [-0.4, -0.2) is 37.3 Å². The molecule has 3 aliphatic rings. The molecule has 1 heterocycles. The number of hydrazone groups is 1. The Morgan fingerprint density at radius 3 is 2.32 bits per heavy atom. The van der Waals surface area contributed by atoms with Crippen LogP contribution in [0.3, 0.4) is 0 Å². The number of fused-ring (bicyclic) bond motifs is 5. The van der Waals surface area contributed by atoms with Gasteiger partial charge in [0.05, 0.1) is 35.8 Å². The molecule has 4 atom stereocenters. The van der Waals surface area contributed by atoms with Crippen molar-refractivity contribution < 1.29 is 19.1 Å². The third-order valence-electron chi connectivity index (χ3n) is 5.23. The number of halogens is 1. The Balaban J connectivity index is 1.60. The molecule has 6 nitrogen and oxygen atoms in total. The largest absolute Gasteiger partial charge is 0.493 e. The molecule has 1 saturated heterocycles. The van der Waals surface area contributed by atoms with Crippen LogP contribution in [-0.2, 0) is 9.59 Å². The number of carbonyl (C=O) groups excluding carboxylic acids is 2. The van der Waals surface area contributed by atoms with Gasteiger partial charge in [0.2, 0.25) is 0 Å². The van der Waals surface area contributed by atoms with Gasteiger partial charge in [-0.2, -0.15) is 10.1 Å². The summed E-state index contributed by atoms with van der Waals surface area (Å²) >= 11 is 2.14. The lowest BCUT2D eigenvalue weighted by Gasteiger charge is -2.13. The molecule has 2 aliphatic carbocycles. The van der Waals surface area contributed by atoms with Crippen LogP contribution in [0.25, 0.3) is 0 Å². The van der Waals surface area contributed by atoms with Crippen LogP contribution in [0.5, 0.6) is 11.5 Å². The SMILES string of the molecule is COc1cc(/C=N\N2C(=O)[C@@H]3[C@@H](C2=O)[C@H]2C=C[C@@H]3C2)cc(I)c1OC. The summed E-state index contributed by atoms with van der Waals surface area (Å²) in [6.45, 7) is 0. The van der Waals surface area contributed by atoms with E-state index >= 15 is 0 Å². The average molecular weight is 452 g/mol. The number of amides is 2.